The van der Waals surface area contributed by atoms with Gasteiger partial charge in [-0.2, -0.15) is 10.5 Å². The van der Waals surface area contributed by atoms with Crippen LogP contribution in [0.1, 0.15) is 6.42 Å². The maximum absolute atomic E-state index is 8.53. The average molecular weight is 203 g/mol. The summed E-state index contributed by atoms with van der Waals surface area (Å²) in [7, 11) is 0. The molecule has 0 aliphatic rings. The maximum Gasteiger partial charge on any atom is 0.134 e. The molecule has 0 amide bonds. The number of hydrogen-bond acceptors (Lipinski definition) is 4. The van der Waals surface area contributed by atoms with E-state index in [1.165, 1.54) is 0 Å². The standard InChI is InChI=1S/C10H9N3S/c11-6-9(7-12)3-5-14-10-2-1-4-13-8-10/h1-2,4,8-9H,3,5H2. The molecule has 0 spiro atoms. The average Bonchev–Trinajstić information content (AvgIpc) is 2.26. The van der Waals surface area contributed by atoms with Gasteiger partial charge in [0.05, 0.1) is 12.1 Å². The number of nitrogens with zero attached hydrogens (tertiary/aromatic N) is 3. The molecule has 0 aromatic carbocycles. The van der Waals surface area contributed by atoms with Crippen molar-refractivity contribution in [3.8, 4) is 12.1 Å². The van der Waals surface area contributed by atoms with E-state index in [1.807, 2.05) is 24.3 Å². The zero-order chi connectivity index (χ0) is 10.2. The number of pyridine rings is 1. The fraction of sp³-hybridized carbons (Fsp3) is 0.300. The lowest BCUT2D eigenvalue weighted by Crippen LogP contribution is -1.94. The van der Waals surface area contributed by atoms with Crippen molar-refractivity contribution in [2.75, 3.05) is 5.75 Å². The van der Waals surface area contributed by atoms with E-state index in [0.717, 1.165) is 10.6 Å². The monoisotopic (exact) mass is 203 g/mol. The molecule has 0 saturated heterocycles. The molecule has 0 aliphatic heterocycles. The fourth-order valence-corrected chi connectivity index (χ4v) is 1.78. The summed E-state index contributed by atoms with van der Waals surface area (Å²) in [6.07, 6.45) is 4.10. The van der Waals surface area contributed by atoms with Crippen molar-refractivity contribution in [1.82, 2.24) is 4.98 Å². The van der Waals surface area contributed by atoms with Gasteiger partial charge < -0.3 is 0 Å². The SMILES string of the molecule is N#CC(C#N)CCSc1cccnc1. The first-order chi connectivity index (χ1) is 6.86. The number of hydrogen-bond donors (Lipinski definition) is 0. The summed E-state index contributed by atoms with van der Waals surface area (Å²) in [5.74, 6) is 0.288. The van der Waals surface area contributed by atoms with Crippen LogP contribution < -0.4 is 0 Å². The third-order valence-electron chi connectivity index (χ3n) is 1.62. The van der Waals surface area contributed by atoms with E-state index < -0.39 is 5.92 Å². The molecule has 3 nitrogen and oxygen atoms in total. The molecule has 1 rings (SSSR count). The van der Waals surface area contributed by atoms with Crippen LogP contribution in [0.3, 0.4) is 0 Å². The van der Waals surface area contributed by atoms with Crippen molar-refractivity contribution in [2.45, 2.75) is 11.3 Å². The second-order valence-corrected chi connectivity index (χ2v) is 3.80. The predicted molar refractivity (Wildman–Crippen MR) is 54.3 cm³/mol. The second kappa shape index (κ2) is 6.01. The third kappa shape index (κ3) is 3.47. The van der Waals surface area contributed by atoms with Crippen molar-refractivity contribution in [2.24, 2.45) is 5.92 Å². The highest BCUT2D eigenvalue weighted by Gasteiger charge is 2.04. The fourth-order valence-electron chi connectivity index (χ4n) is 0.885. The summed E-state index contributed by atoms with van der Waals surface area (Å²) in [5, 5.41) is 17.1. The molecular formula is C10H9N3S. The Labute approximate surface area is 87.4 Å². The topological polar surface area (TPSA) is 60.5 Å². The van der Waals surface area contributed by atoms with E-state index in [4.69, 9.17) is 10.5 Å². The van der Waals surface area contributed by atoms with Crippen molar-refractivity contribution in [3.05, 3.63) is 24.5 Å². The minimum Gasteiger partial charge on any atom is -0.264 e. The summed E-state index contributed by atoms with van der Waals surface area (Å²) in [6.45, 7) is 0. The highest BCUT2D eigenvalue weighted by atomic mass is 32.2. The molecule has 0 unspecified atom stereocenters. The Kier molecular flexibility index (Phi) is 4.54. The Hall–Kier alpha value is -1.52. The van der Waals surface area contributed by atoms with Crippen LogP contribution in [0.25, 0.3) is 0 Å². The zero-order valence-corrected chi connectivity index (χ0v) is 8.37. The molecule has 1 heterocycles. The van der Waals surface area contributed by atoms with Crippen molar-refractivity contribution in [3.63, 3.8) is 0 Å². The van der Waals surface area contributed by atoms with Crippen molar-refractivity contribution >= 4 is 11.8 Å². The molecule has 0 atom stereocenters. The van der Waals surface area contributed by atoms with E-state index in [2.05, 4.69) is 4.98 Å². The molecule has 1 aromatic heterocycles. The van der Waals surface area contributed by atoms with Crippen LogP contribution in [0.5, 0.6) is 0 Å². The lowest BCUT2D eigenvalue weighted by atomic mass is 10.1. The van der Waals surface area contributed by atoms with Gasteiger partial charge in [-0.1, -0.05) is 0 Å². The van der Waals surface area contributed by atoms with Gasteiger partial charge in [-0.15, -0.1) is 11.8 Å². The van der Waals surface area contributed by atoms with Gasteiger partial charge in [0.2, 0.25) is 0 Å². The van der Waals surface area contributed by atoms with Crippen LogP contribution in [-0.2, 0) is 0 Å². The first-order valence-electron chi connectivity index (χ1n) is 4.19. The Morgan fingerprint density at radius 2 is 2.21 bits per heavy atom. The number of rotatable bonds is 4. The number of aromatic nitrogens is 1. The van der Waals surface area contributed by atoms with E-state index in [9.17, 15) is 0 Å². The minimum absolute atomic E-state index is 0.487. The van der Waals surface area contributed by atoms with Gasteiger partial charge in [0.15, 0.2) is 0 Å². The van der Waals surface area contributed by atoms with Gasteiger partial charge in [0.1, 0.15) is 5.92 Å². The summed E-state index contributed by atoms with van der Waals surface area (Å²) in [6, 6.07) is 7.73. The molecule has 0 N–H and O–H groups in total. The lowest BCUT2D eigenvalue weighted by Gasteiger charge is -2.00. The lowest BCUT2D eigenvalue weighted by molar-refractivity contribution is 0.811. The summed E-state index contributed by atoms with van der Waals surface area (Å²) < 4.78 is 0. The Bertz CT molecular complexity index is 336. The zero-order valence-electron chi connectivity index (χ0n) is 7.55. The molecular weight excluding hydrogens is 194 g/mol. The van der Waals surface area contributed by atoms with Gasteiger partial charge >= 0.3 is 0 Å². The quantitative estimate of drug-likeness (QED) is 0.704. The smallest absolute Gasteiger partial charge is 0.134 e. The van der Waals surface area contributed by atoms with Crippen LogP contribution in [0.4, 0.5) is 0 Å². The summed E-state index contributed by atoms with van der Waals surface area (Å²) >= 11 is 1.61. The molecule has 14 heavy (non-hydrogen) atoms. The van der Waals surface area contributed by atoms with Crippen LogP contribution in [-0.4, -0.2) is 10.7 Å². The molecule has 1 aromatic rings. The Balaban J connectivity index is 2.30. The third-order valence-corrected chi connectivity index (χ3v) is 2.64. The predicted octanol–water partition coefficient (Wildman–Crippen LogP) is 2.23. The number of thioether (sulfide) groups is 1. The largest absolute Gasteiger partial charge is 0.264 e. The van der Waals surface area contributed by atoms with E-state index >= 15 is 0 Å². The second-order valence-electron chi connectivity index (χ2n) is 2.64. The molecule has 4 heteroatoms. The first-order valence-corrected chi connectivity index (χ1v) is 5.17. The van der Waals surface area contributed by atoms with Gasteiger partial charge in [0, 0.05) is 23.0 Å². The number of nitriles is 2. The molecule has 0 fully saturated rings. The van der Waals surface area contributed by atoms with E-state index in [1.54, 1.807) is 24.2 Å². The van der Waals surface area contributed by atoms with Crippen LogP contribution in [0.15, 0.2) is 29.4 Å². The Morgan fingerprint density at radius 1 is 1.43 bits per heavy atom. The highest BCUT2D eigenvalue weighted by Crippen LogP contribution is 2.18. The summed E-state index contributed by atoms with van der Waals surface area (Å²) in [4.78, 5) is 5.04. The van der Waals surface area contributed by atoms with Gasteiger partial charge in [-0.3, -0.25) is 4.98 Å². The minimum atomic E-state index is -0.487. The summed E-state index contributed by atoms with van der Waals surface area (Å²) in [5.41, 5.74) is 0. The molecule has 0 bridgehead atoms. The Morgan fingerprint density at radius 3 is 2.79 bits per heavy atom. The van der Waals surface area contributed by atoms with Gasteiger partial charge in [-0.05, 0) is 18.6 Å². The van der Waals surface area contributed by atoms with Gasteiger partial charge in [0.25, 0.3) is 0 Å². The van der Waals surface area contributed by atoms with E-state index in [0.29, 0.717) is 6.42 Å². The van der Waals surface area contributed by atoms with Gasteiger partial charge in [-0.25, -0.2) is 0 Å². The highest BCUT2D eigenvalue weighted by molar-refractivity contribution is 7.99. The van der Waals surface area contributed by atoms with E-state index in [-0.39, 0.29) is 0 Å². The van der Waals surface area contributed by atoms with Crippen molar-refractivity contribution in [1.29, 1.82) is 10.5 Å². The normalized spacial score (nSPS) is 9.36. The molecule has 0 aliphatic carbocycles. The maximum atomic E-state index is 8.53. The molecule has 0 saturated carbocycles. The first kappa shape index (κ1) is 10.6. The molecule has 0 radical (unpaired) electrons. The molecule has 70 valence electrons. The van der Waals surface area contributed by atoms with Crippen LogP contribution in [0.2, 0.25) is 0 Å². The van der Waals surface area contributed by atoms with Crippen LogP contribution in [0, 0.1) is 28.6 Å². The van der Waals surface area contributed by atoms with Crippen molar-refractivity contribution < 1.29 is 0 Å². The van der Waals surface area contributed by atoms with Crippen LogP contribution >= 0.6 is 11.8 Å².